The molecule has 1 atom stereocenters. The predicted octanol–water partition coefficient (Wildman–Crippen LogP) is 0.470. The number of carbonyl (C=O) groups excluding carboxylic acids is 2. The number of rotatable bonds is 5. The summed E-state index contributed by atoms with van der Waals surface area (Å²) in [5.74, 6) is -1.46. The van der Waals surface area contributed by atoms with Crippen LogP contribution in [0.3, 0.4) is 0 Å². The zero-order valence-electron chi connectivity index (χ0n) is 10.3. The molecule has 0 aliphatic carbocycles. The Kier molecular flexibility index (Phi) is 4.95. The molecule has 1 aromatic carbocycles. The van der Waals surface area contributed by atoms with Crippen LogP contribution < -0.4 is 5.32 Å². The number of nitrogens with zero attached hydrogens (tertiary/aromatic N) is 1. The van der Waals surface area contributed by atoms with Crippen molar-refractivity contribution in [2.75, 3.05) is 14.2 Å². The molecule has 1 aromatic rings. The number of non-ortho nitro benzene ring substituents is 1. The highest BCUT2D eigenvalue weighted by atomic mass is 16.6. The van der Waals surface area contributed by atoms with E-state index in [9.17, 15) is 19.7 Å². The Hall–Kier alpha value is -2.48. The number of esters is 1. The zero-order chi connectivity index (χ0) is 14.4. The number of hydrogen-bond donors (Lipinski definition) is 1. The number of nitro benzene ring substituents is 1. The number of methoxy groups -OCH3 is 2. The molecule has 0 aliphatic rings. The first kappa shape index (κ1) is 14.6. The minimum absolute atomic E-state index is 0.0418. The van der Waals surface area contributed by atoms with E-state index in [-0.39, 0.29) is 11.3 Å². The van der Waals surface area contributed by atoms with Crippen LogP contribution in [-0.4, -0.2) is 37.2 Å². The molecular weight excluding hydrogens is 256 g/mol. The molecule has 8 heteroatoms. The summed E-state index contributed by atoms with van der Waals surface area (Å²) >= 11 is 0. The van der Waals surface area contributed by atoms with Gasteiger partial charge in [0.15, 0.2) is 0 Å². The van der Waals surface area contributed by atoms with E-state index < -0.39 is 23.0 Å². The van der Waals surface area contributed by atoms with Gasteiger partial charge in [0.2, 0.25) is 6.23 Å². The molecule has 0 saturated heterocycles. The van der Waals surface area contributed by atoms with Gasteiger partial charge in [0.1, 0.15) is 0 Å². The van der Waals surface area contributed by atoms with Crippen molar-refractivity contribution in [2.24, 2.45) is 0 Å². The fourth-order valence-electron chi connectivity index (χ4n) is 1.28. The molecule has 102 valence electrons. The van der Waals surface area contributed by atoms with E-state index >= 15 is 0 Å². The molecule has 8 nitrogen and oxygen atoms in total. The second-order valence-electron chi connectivity index (χ2n) is 3.42. The van der Waals surface area contributed by atoms with Gasteiger partial charge in [0, 0.05) is 24.8 Å². The highest BCUT2D eigenvalue weighted by Gasteiger charge is 2.22. The largest absolute Gasteiger partial charge is 0.466 e. The van der Waals surface area contributed by atoms with Crippen LogP contribution in [0.2, 0.25) is 0 Å². The van der Waals surface area contributed by atoms with E-state index in [4.69, 9.17) is 4.74 Å². The molecule has 1 amide bonds. The first-order valence-electron chi connectivity index (χ1n) is 5.15. The Morgan fingerprint density at radius 3 is 2.58 bits per heavy atom. The summed E-state index contributed by atoms with van der Waals surface area (Å²) in [5, 5.41) is 12.8. The van der Waals surface area contributed by atoms with Gasteiger partial charge >= 0.3 is 5.97 Å². The number of nitro groups is 1. The molecule has 0 spiro atoms. The summed E-state index contributed by atoms with van der Waals surface area (Å²) in [6.45, 7) is 0. The van der Waals surface area contributed by atoms with Gasteiger partial charge in [-0.05, 0) is 6.07 Å². The van der Waals surface area contributed by atoms with Gasteiger partial charge in [-0.15, -0.1) is 0 Å². The monoisotopic (exact) mass is 268 g/mol. The van der Waals surface area contributed by atoms with Crippen LogP contribution in [0.1, 0.15) is 10.4 Å². The van der Waals surface area contributed by atoms with Crippen molar-refractivity contribution in [3.05, 3.63) is 39.9 Å². The molecule has 0 aromatic heterocycles. The molecule has 1 N–H and O–H groups in total. The lowest BCUT2D eigenvalue weighted by Gasteiger charge is -2.14. The third-order valence-electron chi connectivity index (χ3n) is 2.23. The summed E-state index contributed by atoms with van der Waals surface area (Å²) in [6, 6.07) is 5.10. The topological polar surface area (TPSA) is 108 Å². The molecule has 0 heterocycles. The first-order chi connectivity index (χ1) is 8.99. The van der Waals surface area contributed by atoms with Crippen LogP contribution in [0.4, 0.5) is 5.69 Å². The Bertz CT molecular complexity index is 502. The minimum atomic E-state index is -1.27. The van der Waals surface area contributed by atoms with Crippen molar-refractivity contribution in [3.63, 3.8) is 0 Å². The lowest BCUT2D eigenvalue weighted by molar-refractivity contribution is -0.384. The van der Waals surface area contributed by atoms with E-state index in [0.717, 1.165) is 13.2 Å². The second kappa shape index (κ2) is 6.45. The van der Waals surface area contributed by atoms with Crippen molar-refractivity contribution in [1.82, 2.24) is 5.32 Å². The lowest BCUT2D eigenvalue weighted by Crippen LogP contribution is -2.42. The molecule has 19 heavy (non-hydrogen) atoms. The molecule has 0 radical (unpaired) electrons. The van der Waals surface area contributed by atoms with Gasteiger partial charge in [-0.2, -0.15) is 0 Å². The molecule has 1 unspecified atom stereocenters. The maximum Gasteiger partial charge on any atom is 0.356 e. The van der Waals surface area contributed by atoms with Gasteiger partial charge in [-0.25, -0.2) is 4.79 Å². The van der Waals surface area contributed by atoms with Crippen LogP contribution >= 0.6 is 0 Å². The fraction of sp³-hybridized carbons (Fsp3) is 0.273. The van der Waals surface area contributed by atoms with Crippen molar-refractivity contribution < 1.29 is 24.0 Å². The first-order valence-corrected chi connectivity index (χ1v) is 5.15. The van der Waals surface area contributed by atoms with Crippen LogP contribution in [0, 0.1) is 10.1 Å². The smallest absolute Gasteiger partial charge is 0.356 e. The van der Waals surface area contributed by atoms with Crippen LogP contribution in [0.25, 0.3) is 0 Å². The Balaban J connectivity index is 2.85. The minimum Gasteiger partial charge on any atom is -0.466 e. The van der Waals surface area contributed by atoms with E-state index in [0.29, 0.717) is 0 Å². The SMILES string of the molecule is COC(=O)C(NC(=O)c1cccc([N+](=O)[O-])c1)OC. The fourth-order valence-corrected chi connectivity index (χ4v) is 1.28. The van der Waals surface area contributed by atoms with E-state index in [2.05, 4.69) is 10.1 Å². The molecule has 0 bridgehead atoms. The van der Waals surface area contributed by atoms with Gasteiger partial charge in [0.05, 0.1) is 12.0 Å². The van der Waals surface area contributed by atoms with Crippen molar-refractivity contribution >= 4 is 17.6 Å². The van der Waals surface area contributed by atoms with Crippen molar-refractivity contribution in [2.45, 2.75) is 6.23 Å². The molecule has 0 fully saturated rings. The number of amides is 1. The summed E-state index contributed by atoms with van der Waals surface area (Å²) < 4.78 is 9.15. The van der Waals surface area contributed by atoms with E-state index in [1.54, 1.807) is 0 Å². The Labute approximate surface area is 108 Å². The highest BCUT2D eigenvalue weighted by Crippen LogP contribution is 2.13. The second-order valence-corrected chi connectivity index (χ2v) is 3.42. The predicted molar refractivity (Wildman–Crippen MR) is 63.4 cm³/mol. The maximum atomic E-state index is 11.8. The number of carbonyl (C=O) groups is 2. The number of benzene rings is 1. The Morgan fingerprint density at radius 2 is 2.05 bits per heavy atom. The lowest BCUT2D eigenvalue weighted by atomic mass is 10.2. The Morgan fingerprint density at radius 1 is 1.37 bits per heavy atom. The number of hydrogen-bond acceptors (Lipinski definition) is 6. The third-order valence-corrected chi connectivity index (χ3v) is 2.23. The average molecular weight is 268 g/mol. The third kappa shape index (κ3) is 3.75. The normalized spacial score (nSPS) is 11.5. The van der Waals surface area contributed by atoms with Gasteiger partial charge in [-0.3, -0.25) is 14.9 Å². The van der Waals surface area contributed by atoms with Gasteiger partial charge in [0.25, 0.3) is 11.6 Å². The van der Waals surface area contributed by atoms with E-state index in [1.165, 1.54) is 25.3 Å². The number of nitrogens with one attached hydrogen (secondary N) is 1. The van der Waals surface area contributed by atoms with Crippen molar-refractivity contribution in [1.29, 1.82) is 0 Å². The molecule has 0 aliphatic heterocycles. The van der Waals surface area contributed by atoms with Gasteiger partial charge in [-0.1, -0.05) is 6.07 Å². The zero-order valence-corrected chi connectivity index (χ0v) is 10.3. The van der Waals surface area contributed by atoms with Gasteiger partial charge < -0.3 is 14.8 Å². The summed E-state index contributed by atoms with van der Waals surface area (Å²) in [7, 11) is 2.36. The van der Waals surface area contributed by atoms with Crippen molar-refractivity contribution in [3.8, 4) is 0 Å². The standard InChI is InChI=1S/C11H12N2O6/c1-18-10(11(15)19-2)12-9(14)7-4-3-5-8(6-7)13(16)17/h3-6,10H,1-2H3,(H,12,14). The maximum absolute atomic E-state index is 11.8. The van der Waals surface area contributed by atoms with E-state index in [1.807, 2.05) is 0 Å². The summed E-state index contributed by atoms with van der Waals surface area (Å²) in [6.07, 6.45) is -1.27. The molecule has 1 rings (SSSR count). The molecular formula is C11H12N2O6. The summed E-state index contributed by atoms with van der Waals surface area (Å²) in [4.78, 5) is 33.0. The summed E-state index contributed by atoms with van der Waals surface area (Å²) in [5.41, 5.74) is -0.181. The molecule has 0 saturated carbocycles. The average Bonchev–Trinajstić information content (AvgIpc) is 2.43. The van der Waals surface area contributed by atoms with Crippen LogP contribution in [-0.2, 0) is 14.3 Å². The number of ether oxygens (including phenoxy) is 2. The quantitative estimate of drug-likeness (QED) is 0.360. The highest BCUT2D eigenvalue weighted by molar-refractivity contribution is 5.96. The van der Waals surface area contributed by atoms with Crippen LogP contribution in [0.5, 0.6) is 0 Å². The van der Waals surface area contributed by atoms with Crippen LogP contribution in [0.15, 0.2) is 24.3 Å².